The highest BCUT2D eigenvalue weighted by atomic mass is 19.4. The number of aromatic nitrogens is 2. The summed E-state index contributed by atoms with van der Waals surface area (Å²) in [5.41, 5.74) is 0.168. The number of carbonyl (C=O) groups excluding carboxylic acids is 1. The lowest BCUT2D eigenvalue weighted by Crippen LogP contribution is -2.40. The Bertz CT molecular complexity index is 891. The van der Waals surface area contributed by atoms with Gasteiger partial charge in [0.05, 0.1) is 5.56 Å². The second kappa shape index (κ2) is 8.98. The fourth-order valence-electron chi connectivity index (χ4n) is 4.57. The number of aryl methyl sites for hydroxylation is 1. The van der Waals surface area contributed by atoms with Gasteiger partial charge in [-0.25, -0.2) is 0 Å². The number of nitrogens with zero attached hydrogens (tertiary/aromatic N) is 4. The van der Waals surface area contributed by atoms with Crippen molar-refractivity contribution in [3.05, 3.63) is 47.1 Å². The van der Waals surface area contributed by atoms with E-state index in [2.05, 4.69) is 15.0 Å². The number of rotatable bonds is 4. The van der Waals surface area contributed by atoms with Crippen LogP contribution in [-0.4, -0.2) is 45.5 Å². The molecular weight excluding hydrogens is 409 g/mol. The van der Waals surface area contributed by atoms with Crippen LogP contribution in [0.4, 0.5) is 13.2 Å². The lowest BCUT2D eigenvalue weighted by molar-refractivity contribution is -0.138. The largest absolute Gasteiger partial charge is 0.416 e. The Morgan fingerprint density at radius 3 is 2.42 bits per heavy atom. The molecule has 1 amide bonds. The molecule has 1 atom stereocenters. The maximum Gasteiger partial charge on any atom is 0.416 e. The quantitative estimate of drug-likeness (QED) is 0.713. The summed E-state index contributed by atoms with van der Waals surface area (Å²) < 4.78 is 43.9. The number of hydrogen-bond donors (Lipinski definition) is 0. The molecule has 2 aliphatic rings. The van der Waals surface area contributed by atoms with Crippen molar-refractivity contribution < 1.29 is 22.5 Å². The average Bonchev–Trinajstić information content (AvgIpc) is 3.37. The lowest BCUT2D eigenvalue weighted by atomic mass is 10.0. The molecule has 0 spiro atoms. The van der Waals surface area contributed by atoms with Crippen molar-refractivity contribution in [1.82, 2.24) is 19.9 Å². The summed E-state index contributed by atoms with van der Waals surface area (Å²) in [7, 11) is 0. The van der Waals surface area contributed by atoms with Gasteiger partial charge in [-0.3, -0.25) is 9.69 Å². The predicted molar refractivity (Wildman–Crippen MR) is 107 cm³/mol. The minimum absolute atomic E-state index is 0.0491. The number of alkyl halides is 3. The van der Waals surface area contributed by atoms with Crippen LogP contribution in [-0.2, 0) is 17.5 Å². The van der Waals surface area contributed by atoms with E-state index in [1.807, 2.05) is 4.90 Å². The third-order valence-corrected chi connectivity index (χ3v) is 6.26. The van der Waals surface area contributed by atoms with Crippen molar-refractivity contribution in [2.75, 3.05) is 19.6 Å². The summed E-state index contributed by atoms with van der Waals surface area (Å²) in [6, 6.07) is 5.01. The molecule has 1 saturated carbocycles. The molecule has 1 aromatic heterocycles. The molecule has 2 aromatic rings. The highest BCUT2D eigenvalue weighted by molar-refractivity contribution is 5.79. The van der Waals surface area contributed by atoms with E-state index in [1.54, 1.807) is 6.92 Å². The lowest BCUT2D eigenvalue weighted by Gasteiger charge is -2.29. The average molecular weight is 436 g/mol. The van der Waals surface area contributed by atoms with Crippen molar-refractivity contribution in [1.29, 1.82) is 0 Å². The van der Waals surface area contributed by atoms with E-state index in [4.69, 9.17) is 4.52 Å². The van der Waals surface area contributed by atoms with Crippen LogP contribution in [0.2, 0.25) is 0 Å². The summed E-state index contributed by atoms with van der Waals surface area (Å²) >= 11 is 0. The molecule has 2 fully saturated rings. The van der Waals surface area contributed by atoms with Gasteiger partial charge in [-0.05, 0) is 43.9 Å². The fourth-order valence-corrected chi connectivity index (χ4v) is 4.57. The Morgan fingerprint density at radius 2 is 1.81 bits per heavy atom. The molecule has 168 valence electrons. The Hall–Kier alpha value is -2.42. The zero-order chi connectivity index (χ0) is 22.0. The number of amides is 1. The maximum atomic E-state index is 13.3. The minimum atomic E-state index is -4.34. The monoisotopic (exact) mass is 436 g/mol. The smallest absolute Gasteiger partial charge is 0.337 e. The highest BCUT2D eigenvalue weighted by Crippen LogP contribution is 2.33. The van der Waals surface area contributed by atoms with Crippen molar-refractivity contribution in [3.63, 3.8) is 0 Å². The second-order valence-electron chi connectivity index (χ2n) is 8.47. The molecule has 0 N–H and O–H groups in total. The van der Waals surface area contributed by atoms with Crippen molar-refractivity contribution in [3.8, 4) is 0 Å². The Labute approximate surface area is 179 Å². The Morgan fingerprint density at radius 1 is 1.10 bits per heavy atom. The molecule has 1 aliphatic carbocycles. The zero-order valence-corrected chi connectivity index (χ0v) is 17.6. The molecule has 4 rings (SSSR count). The van der Waals surface area contributed by atoms with E-state index < -0.39 is 11.7 Å². The van der Waals surface area contributed by atoms with Gasteiger partial charge in [0.2, 0.25) is 11.8 Å². The molecule has 2 heterocycles. The summed E-state index contributed by atoms with van der Waals surface area (Å²) in [4.78, 5) is 21.7. The van der Waals surface area contributed by atoms with E-state index in [0.717, 1.165) is 43.4 Å². The first-order valence-corrected chi connectivity index (χ1v) is 10.8. The zero-order valence-electron chi connectivity index (χ0n) is 17.6. The SMILES string of the molecule is Cc1noc(C2CCN(Cc3ccc(C(F)(F)F)cc3)CCN2C(=O)C2CCCC2)n1. The molecule has 1 unspecified atom stereocenters. The van der Waals surface area contributed by atoms with Crippen LogP contribution in [0.15, 0.2) is 28.8 Å². The molecule has 31 heavy (non-hydrogen) atoms. The summed E-state index contributed by atoms with van der Waals surface area (Å²) in [5, 5.41) is 3.90. The molecule has 1 aliphatic heterocycles. The van der Waals surface area contributed by atoms with Crippen LogP contribution >= 0.6 is 0 Å². The van der Waals surface area contributed by atoms with Crippen LogP contribution in [0.5, 0.6) is 0 Å². The van der Waals surface area contributed by atoms with Crippen LogP contribution in [0.1, 0.15) is 61.0 Å². The highest BCUT2D eigenvalue weighted by Gasteiger charge is 2.36. The van der Waals surface area contributed by atoms with Gasteiger partial charge in [0.15, 0.2) is 5.82 Å². The van der Waals surface area contributed by atoms with Gasteiger partial charge in [0, 0.05) is 32.1 Å². The van der Waals surface area contributed by atoms with Gasteiger partial charge in [-0.1, -0.05) is 30.1 Å². The van der Waals surface area contributed by atoms with Crippen LogP contribution in [0, 0.1) is 12.8 Å². The molecule has 9 heteroatoms. The molecule has 1 saturated heterocycles. The first-order chi connectivity index (χ1) is 14.8. The maximum absolute atomic E-state index is 13.3. The van der Waals surface area contributed by atoms with Crippen LogP contribution < -0.4 is 0 Å². The van der Waals surface area contributed by atoms with E-state index in [0.29, 0.717) is 44.3 Å². The number of carbonyl (C=O) groups is 1. The normalized spacial score (nSPS) is 21.4. The van der Waals surface area contributed by atoms with Gasteiger partial charge in [-0.15, -0.1) is 0 Å². The van der Waals surface area contributed by atoms with Gasteiger partial charge in [-0.2, -0.15) is 18.2 Å². The van der Waals surface area contributed by atoms with Crippen LogP contribution in [0.3, 0.4) is 0 Å². The fraction of sp³-hybridized carbons (Fsp3) is 0.591. The van der Waals surface area contributed by atoms with E-state index in [1.165, 1.54) is 12.1 Å². The van der Waals surface area contributed by atoms with Crippen molar-refractivity contribution in [2.24, 2.45) is 5.92 Å². The number of hydrogen-bond acceptors (Lipinski definition) is 5. The third kappa shape index (κ3) is 5.08. The number of halogens is 3. The first kappa shape index (κ1) is 21.8. The summed E-state index contributed by atoms with van der Waals surface area (Å²) in [6.07, 6.45) is 0.294. The molecular formula is C22H27F3N4O2. The van der Waals surface area contributed by atoms with Crippen molar-refractivity contribution >= 4 is 5.91 Å². The third-order valence-electron chi connectivity index (χ3n) is 6.26. The van der Waals surface area contributed by atoms with Gasteiger partial charge >= 0.3 is 6.18 Å². The molecule has 0 radical (unpaired) electrons. The van der Waals surface area contributed by atoms with E-state index >= 15 is 0 Å². The van der Waals surface area contributed by atoms with Crippen molar-refractivity contribution in [2.45, 2.75) is 57.8 Å². The molecule has 0 bridgehead atoms. The first-order valence-electron chi connectivity index (χ1n) is 10.8. The second-order valence-corrected chi connectivity index (χ2v) is 8.47. The van der Waals surface area contributed by atoms with Gasteiger partial charge in [0.25, 0.3) is 0 Å². The Kier molecular flexibility index (Phi) is 6.31. The van der Waals surface area contributed by atoms with Gasteiger partial charge in [0.1, 0.15) is 6.04 Å². The van der Waals surface area contributed by atoms with E-state index in [9.17, 15) is 18.0 Å². The topological polar surface area (TPSA) is 62.5 Å². The van der Waals surface area contributed by atoms with E-state index in [-0.39, 0.29) is 17.9 Å². The van der Waals surface area contributed by atoms with Gasteiger partial charge < -0.3 is 9.42 Å². The summed E-state index contributed by atoms with van der Waals surface area (Å²) in [5.74, 6) is 1.19. The summed E-state index contributed by atoms with van der Waals surface area (Å²) in [6.45, 7) is 4.13. The number of benzene rings is 1. The predicted octanol–water partition coefficient (Wildman–Crippen LogP) is 4.36. The molecule has 6 nitrogen and oxygen atoms in total. The molecule has 1 aromatic carbocycles. The minimum Gasteiger partial charge on any atom is -0.337 e. The van der Waals surface area contributed by atoms with Crippen LogP contribution in [0.25, 0.3) is 0 Å². The standard InChI is InChI=1S/C22H27F3N4O2/c1-15-26-20(31-27-15)19-10-11-28(12-13-29(19)21(30)17-4-2-3-5-17)14-16-6-8-18(9-7-16)22(23,24)25/h6-9,17,19H,2-5,10-14H2,1H3. The Balaban J connectivity index is 1.48.